The maximum atomic E-state index is 12.3. The molecule has 0 unspecified atom stereocenters. The minimum atomic E-state index is -0.733. The molecule has 48 heavy (non-hydrogen) atoms. The lowest BCUT2D eigenvalue weighted by molar-refractivity contribution is -0.142. The lowest BCUT2D eigenvalue weighted by Gasteiger charge is -2.32. The molecule has 2 aromatic carbocycles. The van der Waals surface area contributed by atoms with E-state index < -0.39 is 5.97 Å². The number of carbonyl (C=O) groups is 2. The van der Waals surface area contributed by atoms with Gasteiger partial charge in [-0.15, -0.1) is 0 Å². The van der Waals surface area contributed by atoms with E-state index in [0.717, 1.165) is 48.7 Å². The number of carbonyl (C=O) groups excluding carboxylic acids is 1. The van der Waals surface area contributed by atoms with E-state index in [1.165, 1.54) is 11.1 Å². The Labute approximate surface area is 284 Å². The first kappa shape index (κ1) is 33.0. The molecule has 0 spiro atoms. The molecule has 2 aliphatic heterocycles. The Morgan fingerprint density at radius 2 is 1.79 bits per heavy atom. The SMILES string of the molecule is COc1cc2c(cc1Nc1ncc(Cl)c(Nc3ccc(N4CCC(C(=O)O)CC4)cc3-n3cccn3)n1)CCN(CC(=O)N(C)C)CC2. The molecule has 4 aromatic rings. The smallest absolute Gasteiger partial charge is 0.306 e. The van der Waals surface area contributed by atoms with E-state index in [1.807, 2.05) is 36.5 Å². The molecule has 2 aromatic heterocycles. The van der Waals surface area contributed by atoms with E-state index in [1.54, 1.807) is 43.2 Å². The number of fused-ring (bicyclic) bond motifs is 1. The fourth-order valence-electron chi connectivity index (χ4n) is 6.13. The van der Waals surface area contributed by atoms with Crippen LogP contribution in [0.3, 0.4) is 0 Å². The van der Waals surface area contributed by atoms with Crippen LogP contribution in [0.4, 0.5) is 28.8 Å². The standard InChI is InChI=1S/C34H40ClN9O4/c1-41(2)31(45)21-42-13-7-23-17-28(30(48-3)18-24(23)8-14-42)39-34-36-20-26(35)32(40-34)38-27-6-5-25(19-29(27)44-12-4-11-37-44)43-15-9-22(10-16-43)33(46)47/h4-6,11-12,17-20,22H,7-10,13-16,21H2,1-3H3,(H,46,47)(H2,36,38,39,40). The molecule has 14 heteroatoms. The summed E-state index contributed by atoms with van der Waals surface area (Å²) >= 11 is 6.61. The first-order valence-corrected chi connectivity index (χ1v) is 16.4. The fourth-order valence-corrected chi connectivity index (χ4v) is 6.27. The first-order chi connectivity index (χ1) is 23.2. The van der Waals surface area contributed by atoms with Crippen molar-refractivity contribution in [1.29, 1.82) is 0 Å². The Bertz CT molecular complexity index is 1770. The topological polar surface area (TPSA) is 141 Å². The van der Waals surface area contributed by atoms with Crippen LogP contribution in [0.1, 0.15) is 24.0 Å². The second-order valence-electron chi connectivity index (χ2n) is 12.3. The Kier molecular flexibility index (Phi) is 9.97. The molecule has 0 saturated carbocycles. The quantitative estimate of drug-likeness (QED) is 0.218. The number of nitrogens with zero attached hydrogens (tertiary/aromatic N) is 7. The Balaban J connectivity index is 1.22. The number of carboxylic acid groups (broad SMARTS) is 1. The van der Waals surface area contributed by atoms with Crippen LogP contribution < -0.4 is 20.3 Å². The summed E-state index contributed by atoms with van der Waals surface area (Å²) in [7, 11) is 5.20. The summed E-state index contributed by atoms with van der Waals surface area (Å²) < 4.78 is 7.52. The Morgan fingerprint density at radius 3 is 2.46 bits per heavy atom. The van der Waals surface area contributed by atoms with Crippen molar-refractivity contribution in [3.05, 3.63) is 71.1 Å². The summed E-state index contributed by atoms with van der Waals surface area (Å²) in [6, 6.07) is 12.0. The van der Waals surface area contributed by atoms with Crippen molar-refractivity contribution >= 4 is 52.3 Å². The van der Waals surface area contributed by atoms with Gasteiger partial charge < -0.3 is 30.3 Å². The molecular formula is C34H40ClN9O4. The zero-order chi connectivity index (χ0) is 33.8. The highest BCUT2D eigenvalue weighted by molar-refractivity contribution is 6.33. The summed E-state index contributed by atoms with van der Waals surface area (Å²) in [4.78, 5) is 38.9. The van der Waals surface area contributed by atoms with Gasteiger partial charge in [0, 0.05) is 58.4 Å². The summed E-state index contributed by atoms with van der Waals surface area (Å²) in [6.45, 7) is 3.30. The molecule has 0 aliphatic carbocycles. The zero-order valence-electron chi connectivity index (χ0n) is 27.3. The largest absolute Gasteiger partial charge is 0.495 e. The molecule has 0 radical (unpaired) electrons. The highest BCUT2D eigenvalue weighted by Crippen LogP contribution is 2.35. The highest BCUT2D eigenvalue weighted by Gasteiger charge is 2.25. The van der Waals surface area contributed by atoms with E-state index >= 15 is 0 Å². The van der Waals surface area contributed by atoms with Crippen molar-refractivity contribution in [3.8, 4) is 11.4 Å². The van der Waals surface area contributed by atoms with E-state index in [0.29, 0.717) is 55.0 Å². The van der Waals surface area contributed by atoms with Crippen LogP contribution in [0.25, 0.3) is 5.69 Å². The molecule has 0 atom stereocenters. The van der Waals surface area contributed by atoms with Gasteiger partial charge >= 0.3 is 5.97 Å². The average Bonchev–Trinajstić information content (AvgIpc) is 3.56. The van der Waals surface area contributed by atoms with Crippen molar-refractivity contribution in [2.24, 2.45) is 5.92 Å². The second-order valence-corrected chi connectivity index (χ2v) is 12.7. The van der Waals surface area contributed by atoms with Gasteiger partial charge in [-0.25, -0.2) is 9.67 Å². The van der Waals surface area contributed by atoms with Crippen LogP contribution in [-0.2, 0) is 22.4 Å². The number of ether oxygens (including phenoxy) is 1. The van der Waals surface area contributed by atoms with E-state index in [9.17, 15) is 14.7 Å². The number of halogens is 1. The van der Waals surface area contributed by atoms with Crippen LogP contribution in [0.5, 0.6) is 5.75 Å². The number of nitrogens with one attached hydrogen (secondary N) is 2. The number of rotatable bonds is 10. The predicted molar refractivity (Wildman–Crippen MR) is 185 cm³/mol. The van der Waals surface area contributed by atoms with E-state index in [-0.39, 0.29) is 11.8 Å². The third-order valence-corrected chi connectivity index (χ3v) is 9.24. The molecule has 13 nitrogen and oxygen atoms in total. The summed E-state index contributed by atoms with van der Waals surface area (Å²) in [6.07, 6.45) is 7.93. The maximum absolute atomic E-state index is 12.3. The first-order valence-electron chi connectivity index (χ1n) is 16.0. The van der Waals surface area contributed by atoms with Crippen LogP contribution in [0.15, 0.2) is 55.0 Å². The molecule has 6 rings (SSSR count). The molecular weight excluding hydrogens is 634 g/mol. The lowest BCUT2D eigenvalue weighted by Crippen LogP contribution is -2.37. The molecule has 2 aliphatic rings. The highest BCUT2D eigenvalue weighted by atomic mass is 35.5. The summed E-state index contributed by atoms with van der Waals surface area (Å²) in [5, 5.41) is 20.9. The van der Waals surface area contributed by atoms with Gasteiger partial charge in [-0.2, -0.15) is 10.1 Å². The number of aromatic nitrogens is 4. The number of methoxy groups -OCH3 is 1. The molecule has 3 N–H and O–H groups in total. The second kappa shape index (κ2) is 14.5. The number of hydrogen-bond donors (Lipinski definition) is 3. The number of piperidine rings is 1. The zero-order valence-corrected chi connectivity index (χ0v) is 28.1. The molecule has 0 bridgehead atoms. The molecule has 4 heterocycles. The van der Waals surface area contributed by atoms with Crippen LogP contribution in [0.2, 0.25) is 5.02 Å². The number of likely N-dealkylation sites (N-methyl/N-ethyl adjacent to an activating group) is 1. The van der Waals surface area contributed by atoms with Gasteiger partial charge in [0.1, 0.15) is 10.8 Å². The van der Waals surface area contributed by atoms with Gasteiger partial charge in [0.25, 0.3) is 0 Å². The summed E-state index contributed by atoms with van der Waals surface area (Å²) in [5.41, 5.74) is 5.61. The van der Waals surface area contributed by atoms with Gasteiger partial charge in [0.2, 0.25) is 11.9 Å². The van der Waals surface area contributed by atoms with Crippen molar-refractivity contribution in [3.63, 3.8) is 0 Å². The van der Waals surface area contributed by atoms with E-state index in [4.69, 9.17) is 21.3 Å². The van der Waals surface area contributed by atoms with Crippen molar-refractivity contribution < 1.29 is 19.4 Å². The minimum absolute atomic E-state index is 0.0931. The average molecular weight is 674 g/mol. The fraction of sp³-hybridized carbons (Fsp3) is 0.382. The van der Waals surface area contributed by atoms with Crippen LogP contribution >= 0.6 is 11.6 Å². The minimum Gasteiger partial charge on any atom is -0.495 e. The van der Waals surface area contributed by atoms with Gasteiger partial charge in [-0.3, -0.25) is 14.5 Å². The van der Waals surface area contributed by atoms with Gasteiger partial charge in [-0.05, 0) is 73.2 Å². The molecule has 1 saturated heterocycles. The molecule has 1 amide bonds. The van der Waals surface area contributed by atoms with Gasteiger partial charge in [0.15, 0.2) is 5.82 Å². The molecule has 252 valence electrons. The van der Waals surface area contributed by atoms with Crippen LogP contribution in [-0.4, -0.2) is 100 Å². The van der Waals surface area contributed by atoms with Crippen molar-refractivity contribution in [2.75, 3.05) is 69.5 Å². The predicted octanol–water partition coefficient (Wildman–Crippen LogP) is 4.60. The summed E-state index contributed by atoms with van der Waals surface area (Å²) in [5.74, 6) is 0.470. The van der Waals surface area contributed by atoms with Crippen LogP contribution in [0, 0.1) is 5.92 Å². The van der Waals surface area contributed by atoms with Gasteiger partial charge in [-0.1, -0.05) is 11.6 Å². The molecule has 1 fully saturated rings. The third-order valence-electron chi connectivity index (χ3n) is 8.96. The van der Waals surface area contributed by atoms with Gasteiger partial charge in [0.05, 0.1) is 42.8 Å². The lowest BCUT2D eigenvalue weighted by atomic mass is 9.96. The Hall–Kier alpha value is -4.88. The van der Waals surface area contributed by atoms with E-state index in [2.05, 4.69) is 36.6 Å². The number of anilines is 5. The number of amides is 1. The number of benzene rings is 2. The number of hydrogen-bond acceptors (Lipinski definition) is 10. The normalized spacial score (nSPS) is 15.4. The maximum Gasteiger partial charge on any atom is 0.306 e. The Morgan fingerprint density at radius 1 is 1.04 bits per heavy atom. The number of aliphatic carboxylic acids is 1. The number of carboxylic acids is 1. The van der Waals surface area contributed by atoms with Crippen molar-refractivity contribution in [1.82, 2.24) is 29.5 Å². The monoisotopic (exact) mass is 673 g/mol. The van der Waals surface area contributed by atoms with Crippen molar-refractivity contribution in [2.45, 2.75) is 25.7 Å². The third kappa shape index (κ3) is 7.47.